The van der Waals surface area contributed by atoms with Gasteiger partial charge >= 0.3 is 12.4 Å². The molecule has 0 fully saturated rings. The van der Waals surface area contributed by atoms with Gasteiger partial charge in [0, 0.05) is 17.1 Å². The highest BCUT2D eigenvalue weighted by Gasteiger charge is 2.34. The third-order valence-corrected chi connectivity index (χ3v) is 4.51. The van der Waals surface area contributed by atoms with Crippen LogP contribution in [0.2, 0.25) is 0 Å². The van der Waals surface area contributed by atoms with Crippen molar-refractivity contribution >= 4 is 22.4 Å². The lowest BCUT2D eigenvalue weighted by Crippen LogP contribution is -2.08. The van der Waals surface area contributed by atoms with Crippen molar-refractivity contribution in [2.45, 2.75) is 19.3 Å². The van der Waals surface area contributed by atoms with Crippen molar-refractivity contribution in [3.05, 3.63) is 71.9 Å². The smallest absolute Gasteiger partial charge is 0.338 e. The second-order valence-corrected chi connectivity index (χ2v) is 6.80. The molecule has 5 nitrogen and oxygen atoms in total. The van der Waals surface area contributed by atoms with Crippen molar-refractivity contribution in [3.8, 4) is 11.3 Å². The van der Waals surface area contributed by atoms with Gasteiger partial charge in [-0.25, -0.2) is 15.0 Å². The zero-order valence-electron chi connectivity index (χ0n) is 16.3. The Bertz CT molecular complexity index is 1280. The number of hydrogen-bond acceptors (Lipinski definition) is 5. The third kappa shape index (κ3) is 4.32. The molecule has 0 aliphatic rings. The number of aromatic nitrogens is 4. The van der Waals surface area contributed by atoms with Crippen LogP contribution in [0, 0.1) is 6.92 Å². The van der Waals surface area contributed by atoms with Gasteiger partial charge in [0.05, 0.1) is 28.7 Å². The van der Waals surface area contributed by atoms with Crippen LogP contribution in [0.4, 0.5) is 37.8 Å². The van der Waals surface area contributed by atoms with Crippen LogP contribution in [0.3, 0.4) is 0 Å². The predicted octanol–water partition coefficient (Wildman–Crippen LogP) is 6.18. The monoisotopic (exact) mass is 449 g/mol. The molecule has 3 heterocycles. The molecule has 0 aliphatic heterocycles. The van der Waals surface area contributed by atoms with E-state index >= 15 is 0 Å². The van der Waals surface area contributed by atoms with E-state index in [9.17, 15) is 26.3 Å². The zero-order chi connectivity index (χ0) is 23.1. The minimum Gasteiger partial charge on any atom is -0.338 e. The van der Waals surface area contributed by atoms with Crippen LogP contribution in [-0.4, -0.2) is 19.9 Å². The summed E-state index contributed by atoms with van der Waals surface area (Å²) in [5.74, 6) is 0.590. The Kier molecular flexibility index (Phi) is 5.19. The first-order valence-corrected chi connectivity index (χ1v) is 9.13. The summed E-state index contributed by atoms with van der Waals surface area (Å²) in [7, 11) is 0. The maximum Gasteiger partial charge on any atom is 0.433 e. The van der Waals surface area contributed by atoms with Crippen molar-refractivity contribution in [2.24, 2.45) is 0 Å². The van der Waals surface area contributed by atoms with Gasteiger partial charge in [0.25, 0.3) is 0 Å². The summed E-state index contributed by atoms with van der Waals surface area (Å²) in [6.45, 7) is 1.59. The molecule has 0 atom stereocenters. The van der Waals surface area contributed by atoms with E-state index in [1.165, 1.54) is 36.5 Å². The number of alkyl halides is 6. The van der Waals surface area contributed by atoms with Gasteiger partial charge in [-0.15, -0.1) is 0 Å². The lowest BCUT2D eigenvalue weighted by molar-refractivity contribution is -0.141. The van der Waals surface area contributed by atoms with Crippen LogP contribution in [0.5, 0.6) is 0 Å². The Morgan fingerprint density at radius 3 is 2.28 bits per heavy atom. The van der Waals surface area contributed by atoms with Crippen molar-refractivity contribution in [1.29, 1.82) is 0 Å². The van der Waals surface area contributed by atoms with Crippen molar-refractivity contribution < 1.29 is 26.3 Å². The van der Waals surface area contributed by atoms with Gasteiger partial charge in [-0.2, -0.15) is 26.3 Å². The lowest BCUT2D eigenvalue weighted by Gasteiger charge is -2.14. The summed E-state index contributed by atoms with van der Waals surface area (Å²) in [6, 6.07) is 8.63. The largest absolute Gasteiger partial charge is 0.433 e. The highest BCUT2D eigenvalue weighted by molar-refractivity contribution is 5.93. The van der Waals surface area contributed by atoms with Crippen LogP contribution >= 0.6 is 0 Å². The van der Waals surface area contributed by atoms with Crippen LogP contribution in [-0.2, 0) is 12.4 Å². The number of hydrogen-bond donors (Lipinski definition) is 1. The molecule has 0 saturated carbocycles. The average molecular weight is 449 g/mol. The van der Waals surface area contributed by atoms with Gasteiger partial charge < -0.3 is 5.32 Å². The summed E-state index contributed by atoms with van der Waals surface area (Å²) in [5, 5.41) is 3.35. The molecule has 1 aromatic carbocycles. The maximum atomic E-state index is 13.4. The van der Waals surface area contributed by atoms with E-state index in [2.05, 4.69) is 25.3 Å². The molecular formula is C21H13F6N5. The molecule has 1 N–H and O–H groups in total. The summed E-state index contributed by atoms with van der Waals surface area (Å²) in [5.41, 5.74) is -1.33. The maximum absolute atomic E-state index is 13.4. The predicted molar refractivity (Wildman–Crippen MR) is 105 cm³/mol. The second-order valence-electron chi connectivity index (χ2n) is 6.80. The van der Waals surface area contributed by atoms with Crippen molar-refractivity contribution in [3.63, 3.8) is 0 Å². The average Bonchev–Trinajstić information content (AvgIpc) is 2.72. The normalized spacial score (nSPS) is 12.2. The molecule has 0 spiro atoms. The zero-order valence-corrected chi connectivity index (χ0v) is 16.3. The number of benzene rings is 1. The lowest BCUT2D eigenvalue weighted by atomic mass is 10.0. The minimum atomic E-state index is -4.58. The number of pyridine rings is 2. The SMILES string of the molecule is Cc1nc(Nc2ccc(C(F)(F)F)nc2)c2ccc(-c3ncccc3C(F)(F)F)cc2n1. The number of aryl methyl sites for hydroxylation is 1. The van der Waals surface area contributed by atoms with Crippen molar-refractivity contribution in [1.82, 2.24) is 19.9 Å². The molecule has 0 unspecified atom stereocenters. The Morgan fingerprint density at radius 1 is 0.844 bits per heavy atom. The Hall–Kier alpha value is -3.76. The summed E-state index contributed by atoms with van der Waals surface area (Å²) in [4.78, 5) is 15.8. The van der Waals surface area contributed by atoms with E-state index in [0.29, 0.717) is 16.7 Å². The van der Waals surface area contributed by atoms with Gasteiger partial charge in [-0.05, 0) is 43.3 Å². The van der Waals surface area contributed by atoms with E-state index in [4.69, 9.17) is 0 Å². The molecule has 164 valence electrons. The molecule has 3 aromatic heterocycles. The van der Waals surface area contributed by atoms with Gasteiger partial charge in [-0.1, -0.05) is 6.07 Å². The second kappa shape index (κ2) is 7.74. The molecule has 11 heteroatoms. The molecule has 0 bridgehead atoms. The van der Waals surface area contributed by atoms with Crippen LogP contribution in [0.25, 0.3) is 22.2 Å². The fourth-order valence-corrected chi connectivity index (χ4v) is 3.12. The first-order chi connectivity index (χ1) is 15.0. The topological polar surface area (TPSA) is 63.6 Å². The standard InChI is InChI=1S/C21H13F6N5/c1-11-30-16-9-12(18-15(20(22,23)24)3-2-8-28-18)4-6-14(16)19(31-11)32-13-5-7-17(29-10-13)21(25,26)27/h2-10H,1H3,(H,30,31,32). The molecule has 32 heavy (non-hydrogen) atoms. The fraction of sp³-hybridized carbons (Fsp3) is 0.143. The van der Waals surface area contributed by atoms with Gasteiger partial charge in [0.2, 0.25) is 0 Å². The van der Waals surface area contributed by atoms with E-state index < -0.39 is 23.6 Å². The van der Waals surface area contributed by atoms with E-state index in [0.717, 1.165) is 18.3 Å². The Labute approximate surface area is 177 Å². The number of anilines is 2. The Morgan fingerprint density at radius 2 is 1.62 bits per heavy atom. The van der Waals surface area contributed by atoms with Gasteiger partial charge in [0.15, 0.2) is 0 Å². The number of halogens is 6. The first-order valence-electron chi connectivity index (χ1n) is 9.13. The summed E-state index contributed by atoms with van der Waals surface area (Å²) >= 11 is 0. The minimum absolute atomic E-state index is 0.214. The molecule has 4 aromatic rings. The molecule has 0 aliphatic carbocycles. The van der Waals surface area contributed by atoms with Crippen LogP contribution in [0.15, 0.2) is 54.9 Å². The fourth-order valence-electron chi connectivity index (χ4n) is 3.12. The van der Waals surface area contributed by atoms with E-state index in [-0.39, 0.29) is 22.8 Å². The number of nitrogens with one attached hydrogen (secondary N) is 1. The van der Waals surface area contributed by atoms with Crippen LogP contribution in [0.1, 0.15) is 17.1 Å². The van der Waals surface area contributed by atoms with E-state index in [1.807, 2.05) is 0 Å². The van der Waals surface area contributed by atoms with Crippen molar-refractivity contribution in [2.75, 3.05) is 5.32 Å². The quantitative estimate of drug-likeness (QED) is 0.379. The van der Waals surface area contributed by atoms with Gasteiger partial charge in [0.1, 0.15) is 17.3 Å². The number of fused-ring (bicyclic) bond motifs is 1. The molecule has 0 amide bonds. The van der Waals surface area contributed by atoms with Crippen LogP contribution < -0.4 is 5.32 Å². The molecular weight excluding hydrogens is 436 g/mol. The van der Waals surface area contributed by atoms with Gasteiger partial charge in [-0.3, -0.25) is 4.98 Å². The van der Waals surface area contributed by atoms with E-state index in [1.54, 1.807) is 6.92 Å². The molecule has 0 saturated heterocycles. The summed E-state index contributed by atoms with van der Waals surface area (Å²) in [6.07, 6.45) is -6.86. The molecule has 0 radical (unpaired) electrons. The molecule has 4 rings (SSSR count). The third-order valence-electron chi connectivity index (χ3n) is 4.51. The first kappa shape index (κ1) is 21.5. The summed E-state index contributed by atoms with van der Waals surface area (Å²) < 4.78 is 78.2. The highest BCUT2D eigenvalue weighted by atomic mass is 19.4. The Balaban J connectivity index is 1.75. The number of rotatable bonds is 3. The number of nitrogens with zero attached hydrogens (tertiary/aromatic N) is 4. The highest BCUT2D eigenvalue weighted by Crippen LogP contribution is 2.37.